The second kappa shape index (κ2) is 8.68. The average Bonchev–Trinajstić information content (AvgIpc) is 3.45. The summed E-state index contributed by atoms with van der Waals surface area (Å²) < 4.78 is 27.6. The molecule has 0 radical (unpaired) electrons. The number of amides is 1. The molecule has 1 atom stereocenters. The summed E-state index contributed by atoms with van der Waals surface area (Å²) in [5.41, 5.74) is 0.225. The van der Waals surface area contributed by atoms with Gasteiger partial charge in [-0.25, -0.2) is 8.42 Å². The number of carbonyl (C=O) groups excluding carboxylic acids is 1. The third kappa shape index (κ3) is 4.24. The lowest BCUT2D eigenvalue weighted by Gasteiger charge is -2.34. The summed E-state index contributed by atoms with van der Waals surface area (Å²) in [6, 6.07) is 8.08. The molecule has 2 fully saturated rings. The summed E-state index contributed by atoms with van der Waals surface area (Å²) in [6.45, 7) is 2.84. The maximum atomic E-state index is 13.2. The van der Waals surface area contributed by atoms with Crippen molar-refractivity contribution in [2.75, 3.05) is 19.6 Å². The molecular weight excluding hydrogens is 438 g/mol. The number of nitrogens with zero attached hydrogens (tertiary/aromatic N) is 3. The zero-order chi connectivity index (χ0) is 22.2. The molecule has 31 heavy (non-hydrogen) atoms. The molecule has 2 aliphatic rings. The van der Waals surface area contributed by atoms with Crippen LogP contribution in [0.25, 0.3) is 0 Å². The van der Waals surface area contributed by atoms with Gasteiger partial charge in [0.2, 0.25) is 15.9 Å². The van der Waals surface area contributed by atoms with Gasteiger partial charge in [-0.05, 0) is 49.6 Å². The Morgan fingerprint density at radius 1 is 1.16 bits per heavy atom. The van der Waals surface area contributed by atoms with E-state index in [1.165, 1.54) is 21.3 Å². The summed E-state index contributed by atoms with van der Waals surface area (Å²) in [5.74, 6) is -0.0855. The minimum Gasteiger partial charge on any atom is -0.335 e. The van der Waals surface area contributed by atoms with Gasteiger partial charge < -0.3 is 4.90 Å². The first kappa shape index (κ1) is 21.9. The van der Waals surface area contributed by atoms with Gasteiger partial charge in [-0.3, -0.25) is 14.9 Å². The van der Waals surface area contributed by atoms with Crippen LogP contribution in [0.4, 0.5) is 5.69 Å². The van der Waals surface area contributed by atoms with Gasteiger partial charge in [-0.1, -0.05) is 12.1 Å². The Bertz CT molecular complexity index is 1080. The van der Waals surface area contributed by atoms with Crippen molar-refractivity contribution in [2.24, 2.45) is 5.92 Å². The van der Waals surface area contributed by atoms with E-state index in [-0.39, 0.29) is 41.5 Å². The highest BCUT2D eigenvalue weighted by Crippen LogP contribution is 2.37. The molecule has 2 aliphatic heterocycles. The van der Waals surface area contributed by atoms with Crippen LogP contribution in [0.3, 0.4) is 0 Å². The molecule has 0 aliphatic carbocycles. The largest absolute Gasteiger partial charge is 0.335 e. The van der Waals surface area contributed by atoms with Crippen LogP contribution in [0.1, 0.15) is 42.2 Å². The summed E-state index contributed by atoms with van der Waals surface area (Å²) in [7, 11) is -3.86. The highest BCUT2D eigenvalue weighted by molar-refractivity contribution is 7.89. The van der Waals surface area contributed by atoms with Crippen molar-refractivity contribution in [3.8, 4) is 0 Å². The van der Waals surface area contributed by atoms with E-state index in [1.54, 1.807) is 18.3 Å². The number of nitro groups is 1. The Kier molecular flexibility index (Phi) is 6.14. The summed E-state index contributed by atoms with van der Waals surface area (Å²) in [5, 5.41) is 13.1. The van der Waals surface area contributed by atoms with Gasteiger partial charge in [-0.2, -0.15) is 4.31 Å². The summed E-state index contributed by atoms with van der Waals surface area (Å²) >= 11 is 1.66. The fraction of sp³-hybridized carbons (Fsp3) is 0.476. The summed E-state index contributed by atoms with van der Waals surface area (Å²) in [4.78, 5) is 26.8. The average molecular weight is 464 g/mol. The number of carbonyl (C=O) groups is 1. The number of benzene rings is 1. The first-order valence-corrected chi connectivity index (χ1v) is 12.7. The highest BCUT2D eigenvalue weighted by atomic mass is 32.2. The molecule has 1 amide bonds. The Hall–Kier alpha value is -2.30. The predicted molar refractivity (Wildman–Crippen MR) is 117 cm³/mol. The summed E-state index contributed by atoms with van der Waals surface area (Å²) in [6.07, 6.45) is 2.86. The van der Waals surface area contributed by atoms with Gasteiger partial charge in [0.15, 0.2) is 0 Å². The van der Waals surface area contributed by atoms with Gasteiger partial charge >= 0.3 is 0 Å². The van der Waals surface area contributed by atoms with Crippen LogP contribution in [0.2, 0.25) is 0 Å². The highest BCUT2D eigenvalue weighted by Gasteiger charge is 2.38. The molecule has 0 spiro atoms. The predicted octanol–water partition coefficient (Wildman–Crippen LogP) is 3.73. The number of piperidine rings is 1. The second-order valence-corrected chi connectivity index (χ2v) is 11.0. The van der Waals surface area contributed by atoms with Crippen LogP contribution in [-0.2, 0) is 14.8 Å². The van der Waals surface area contributed by atoms with Crippen molar-refractivity contribution in [1.29, 1.82) is 0 Å². The number of likely N-dealkylation sites (tertiary alicyclic amines) is 1. The minimum atomic E-state index is -3.86. The van der Waals surface area contributed by atoms with Crippen molar-refractivity contribution in [1.82, 2.24) is 9.21 Å². The van der Waals surface area contributed by atoms with Gasteiger partial charge in [-0.15, -0.1) is 11.3 Å². The standard InChI is InChI=1S/C21H25N3O5S2/c1-15-6-7-17(24(26)27)14-20(15)31(28,29)22-11-8-16(9-12-22)21(25)23-10-2-4-18(23)19-5-3-13-30-19/h3,5-7,13-14,16,18H,2,4,8-12H2,1H3. The molecule has 0 bridgehead atoms. The van der Waals surface area contributed by atoms with Gasteiger partial charge in [0, 0.05) is 42.6 Å². The molecule has 1 aromatic carbocycles. The quantitative estimate of drug-likeness (QED) is 0.497. The van der Waals surface area contributed by atoms with Crippen LogP contribution in [0.5, 0.6) is 0 Å². The number of hydrogen-bond acceptors (Lipinski definition) is 6. The Morgan fingerprint density at radius 2 is 1.90 bits per heavy atom. The maximum absolute atomic E-state index is 13.2. The van der Waals surface area contributed by atoms with Crippen LogP contribution in [0, 0.1) is 23.0 Å². The number of hydrogen-bond donors (Lipinski definition) is 0. The van der Waals surface area contributed by atoms with E-state index in [4.69, 9.17) is 0 Å². The topological polar surface area (TPSA) is 101 Å². The first-order valence-electron chi connectivity index (χ1n) is 10.4. The van der Waals surface area contributed by atoms with Gasteiger partial charge in [0.05, 0.1) is 15.9 Å². The molecule has 2 aromatic rings. The van der Waals surface area contributed by atoms with E-state index in [9.17, 15) is 23.3 Å². The Morgan fingerprint density at radius 3 is 2.55 bits per heavy atom. The van der Waals surface area contributed by atoms with E-state index < -0.39 is 14.9 Å². The molecule has 166 valence electrons. The second-order valence-electron chi connectivity index (χ2n) is 8.09. The Labute approximate surface area is 185 Å². The van der Waals surface area contributed by atoms with Crippen molar-refractivity contribution >= 4 is 33.0 Å². The number of aryl methyl sites for hydroxylation is 1. The fourth-order valence-corrected chi connectivity index (χ4v) is 7.09. The fourth-order valence-electron chi connectivity index (χ4n) is 4.50. The van der Waals surface area contributed by atoms with E-state index in [2.05, 4.69) is 6.07 Å². The van der Waals surface area contributed by atoms with Crippen molar-refractivity contribution in [3.05, 3.63) is 56.3 Å². The molecule has 8 nitrogen and oxygen atoms in total. The monoisotopic (exact) mass is 463 g/mol. The van der Waals surface area contributed by atoms with Crippen molar-refractivity contribution in [3.63, 3.8) is 0 Å². The third-order valence-electron chi connectivity index (χ3n) is 6.21. The molecule has 2 saturated heterocycles. The van der Waals surface area contributed by atoms with Crippen molar-refractivity contribution in [2.45, 2.75) is 43.5 Å². The number of nitro benzene ring substituents is 1. The van der Waals surface area contributed by atoms with Crippen LogP contribution in [-0.4, -0.2) is 48.1 Å². The number of non-ortho nitro benzene ring substituents is 1. The molecule has 1 aromatic heterocycles. The molecule has 3 heterocycles. The molecule has 4 rings (SSSR count). The normalized spacial score (nSPS) is 20.8. The molecule has 1 unspecified atom stereocenters. The van der Waals surface area contributed by atoms with Crippen LogP contribution >= 0.6 is 11.3 Å². The van der Waals surface area contributed by atoms with E-state index in [0.29, 0.717) is 18.4 Å². The first-order chi connectivity index (χ1) is 14.8. The van der Waals surface area contributed by atoms with E-state index in [0.717, 1.165) is 25.5 Å². The molecular formula is C21H25N3O5S2. The molecule has 0 saturated carbocycles. The van der Waals surface area contributed by atoms with Crippen molar-refractivity contribution < 1.29 is 18.1 Å². The van der Waals surface area contributed by atoms with Crippen LogP contribution < -0.4 is 0 Å². The Balaban J connectivity index is 1.45. The SMILES string of the molecule is Cc1ccc([N+](=O)[O-])cc1S(=O)(=O)N1CCC(C(=O)N2CCCC2c2cccs2)CC1. The number of thiophene rings is 1. The zero-order valence-corrected chi connectivity index (χ0v) is 18.9. The van der Waals surface area contributed by atoms with Gasteiger partial charge in [0.25, 0.3) is 5.69 Å². The molecule has 10 heteroatoms. The number of sulfonamides is 1. The van der Waals surface area contributed by atoms with E-state index in [1.807, 2.05) is 16.3 Å². The minimum absolute atomic E-state index is 0.0382. The maximum Gasteiger partial charge on any atom is 0.270 e. The third-order valence-corrected chi connectivity index (χ3v) is 9.23. The molecule has 0 N–H and O–H groups in total. The number of rotatable bonds is 5. The zero-order valence-electron chi connectivity index (χ0n) is 17.3. The van der Waals surface area contributed by atoms with E-state index >= 15 is 0 Å². The van der Waals surface area contributed by atoms with Gasteiger partial charge in [0.1, 0.15) is 0 Å². The lowest BCUT2D eigenvalue weighted by Crippen LogP contribution is -2.44. The van der Waals surface area contributed by atoms with Crippen LogP contribution in [0.15, 0.2) is 40.6 Å². The lowest BCUT2D eigenvalue weighted by atomic mass is 9.96. The lowest BCUT2D eigenvalue weighted by molar-refractivity contribution is -0.385. The smallest absolute Gasteiger partial charge is 0.270 e.